The van der Waals surface area contributed by atoms with Crippen LogP contribution >= 0.6 is 11.6 Å². The van der Waals surface area contributed by atoms with Gasteiger partial charge in [-0.05, 0) is 25.1 Å². The molecule has 0 fully saturated rings. The molecule has 0 saturated carbocycles. The van der Waals surface area contributed by atoms with Gasteiger partial charge in [-0.2, -0.15) is 0 Å². The Morgan fingerprint density at radius 2 is 2.00 bits per heavy atom. The van der Waals surface area contributed by atoms with Crippen LogP contribution in [0.5, 0.6) is 0 Å². The summed E-state index contributed by atoms with van der Waals surface area (Å²) in [7, 11) is 0. The second-order valence-electron chi connectivity index (χ2n) is 3.41. The Bertz CT molecular complexity index is 400. The molecule has 0 aliphatic carbocycles. The molecule has 1 aromatic carbocycles. The first kappa shape index (κ1) is 12.6. The van der Waals surface area contributed by atoms with Gasteiger partial charge in [-0.3, -0.25) is 4.79 Å². The summed E-state index contributed by atoms with van der Waals surface area (Å²) in [5, 5.41) is 2.67. The standard InChI is InChI=1S/C11H11ClFNO2/c1-7(15)2-3-11(16)14-10-5-8(12)4-9(13)6-10/h4-6H,2-3H2,1H3,(H,14,16). The van der Waals surface area contributed by atoms with E-state index in [9.17, 15) is 14.0 Å². The van der Waals surface area contributed by atoms with Crippen molar-refractivity contribution in [2.24, 2.45) is 0 Å². The third-order valence-corrected chi connectivity index (χ3v) is 2.07. The van der Waals surface area contributed by atoms with Gasteiger partial charge in [0, 0.05) is 23.6 Å². The molecule has 0 unspecified atom stereocenters. The first-order chi connectivity index (χ1) is 7.47. The van der Waals surface area contributed by atoms with Gasteiger partial charge in [0.2, 0.25) is 5.91 Å². The van der Waals surface area contributed by atoms with Crippen molar-refractivity contribution in [1.82, 2.24) is 0 Å². The molecule has 0 aliphatic rings. The number of Topliss-reactive ketones (excluding diaryl/α,β-unsaturated/α-hetero) is 1. The van der Waals surface area contributed by atoms with Crippen LogP contribution in [-0.2, 0) is 9.59 Å². The maximum atomic E-state index is 12.9. The highest BCUT2D eigenvalue weighted by molar-refractivity contribution is 6.30. The van der Waals surface area contributed by atoms with Crippen LogP contribution < -0.4 is 5.32 Å². The van der Waals surface area contributed by atoms with Crippen molar-refractivity contribution in [2.45, 2.75) is 19.8 Å². The summed E-state index contributed by atoms with van der Waals surface area (Å²) in [6.45, 7) is 1.41. The molecule has 1 rings (SSSR count). The molecule has 86 valence electrons. The monoisotopic (exact) mass is 243 g/mol. The van der Waals surface area contributed by atoms with Crippen LogP contribution in [0, 0.1) is 5.82 Å². The number of carbonyl (C=O) groups is 2. The van der Waals surface area contributed by atoms with Crippen LogP contribution in [0.4, 0.5) is 10.1 Å². The largest absolute Gasteiger partial charge is 0.326 e. The minimum absolute atomic E-state index is 0.0626. The Morgan fingerprint density at radius 1 is 1.31 bits per heavy atom. The summed E-state index contributed by atoms with van der Waals surface area (Å²) < 4.78 is 12.9. The molecular weight excluding hydrogens is 233 g/mol. The number of ketones is 1. The van der Waals surface area contributed by atoms with E-state index in [1.54, 1.807) is 0 Å². The van der Waals surface area contributed by atoms with Gasteiger partial charge in [0.05, 0.1) is 0 Å². The van der Waals surface area contributed by atoms with Crippen molar-refractivity contribution in [1.29, 1.82) is 0 Å². The Kier molecular flexibility index (Phi) is 4.43. The van der Waals surface area contributed by atoms with Gasteiger partial charge >= 0.3 is 0 Å². The van der Waals surface area contributed by atoms with Gasteiger partial charge in [0.25, 0.3) is 0 Å². The number of benzene rings is 1. The van der Waals surface area contributed by atoms with Crippen molar-refractivity contribution < 1.29 is 14.0 Å². The SMILES string of the molecule is CC(=O)CCC(=O)Nc1cc(F)cc(Cl)c1. The lowest BCUT2D eigenvalue weighted by Crippen LogP contribution is -2.12. The molecule has 0 saturated heterocycles. The predicted molar refractivity (Wildman–Crippen MR) is 60.0 cm³/mol. The minimum atomic E-state index is -0.519. The third kappa shape index (κ3) is 4.40. The molecule has 0 spiro atoms. The van der Waals surface area contributed by atoms with Crippen LogP contribution in [0.25, 0.3) is 0 Å². The number of hydrogen-bond acceptors (Lipinski definition) is 2. The Labute approximate surface area is 97.6 Å². The normalized spacial score (nSPS) is 9.94. The second-order valence-corrected chi connectivity index (χ2v) is 3.84. The molecule has 1 N–H and O–H groups in total. The summed E-state index contributed by atoms with van der Waals surface area (Å²) in [6.07, 6.45) is 0.262. The fourth-order valence-corrected chi connectivity index (χ4v) is 1.36. The van der Waals surface area contributed by atoms with Gasteiger partial charge in [-0.15, -0.1) is 0 Å². The number of hydrogen-bond donors (Lipinski definition) is 1. The van der Waals surface area contributed by atoms with Crippen LogP contribution in [0.15, 0.2) is 18.2 Å². The molecule has 3 nitrogen and oxygen atoms in total. The number of amides is 1. The zero-order chi connectivity index (χ0) is 12.1. The Morgan fingerprint density at radius 3 is 2.56 bits per heavy atom. The van der Waals surface area contributed by atoms with Gasteiger partial charge < -0.3 is 10.1 Å². The smallest absolute Gasteiger partial charge is 0.224 e. The molecule has 0 aliphatic heterocycles. The highest BCUT2D eigenvalue weighted by Crippen LogP contribution is 2.18. The molecule has 16 heavy (non-hydrogen) atoms. The number of halogens is 2. The van der Waals surface area contributed by atoms with Crippen molar-refractivity contribution in [2.75, 3.05) is 5.32 Å². The average molecular weight is 244 g/mol. The van der Waals surface area contributed by atoms with Crippen LogP contribution in [0.3, 0.4) is 0 Å². The van der Waals surface area contributed by atoms with Crippen molar-refractivity contribution in [3.05, 3.63) is 29.0 Å². The van der Waals surface area contributed by atoms with Gasteiger partial charge in [0.15, 0.2) is 0 Å². The first-order valence-corrected chi connectivity index (χ1v) is 5.10. The molecule has 1 amide bonds. The topological polar surface area (TPSA) is 46.2 Å². The summed E-state index contributed by atoms with van der Waals surface area (Å²) >= 11 is 5.62. The maximum Gasteiger partial charge on any atom is 0.224 e. The van der Waals surface area contributed by atoms with Gasteiger partial charge in [-0.1, -0.05) is 11.6 Å². The summed E-state index contributed by atoms with van der Waals surface area (Å²) in [6, 6.07) is 3.75. The average Bonchev–Trinajstić information content (AvgIpc) is 2.12. The summed E-state index contributed by atoms with van der Waals surface area (Å²) in [5.41, 5.74) is 0.290. The van der Waals surface area contributed by atoms with Crippen molar-refractivity contribution in [3.63, 3.8) is 0 Å². The highest BCUT2D eigenvalue weighted by atomic mass is 35.5. The second kappa shape index (κ2) is 5.61. The Hall–Kier alpha value is -1.42. The highest BCUT2D eigenvalue weighted by Gasteiger charge is 2.05. The lowest BCUT2D eigenvalue weighted by molar-refractivity contribution is -0.121. The van der Waals surface area contributed by atoms with Gasteiger partial charge in [-0.25, -0.2) is 4.39 Å². The van der Waals surface area contributed by atoms with E-state index in [0.717, 1.165) is 12.1 Å². The van der Waals surface area contributed by atoms with Crippen LogP contribution in [-0.4, -0.2) is 11.7 Å². The van der Waals surface area contributed by atoms with E-state index in [4.69, 9.17) is 11.6 Å². The van der Waals surface area contributed by atoms with Gasteiger partial charge in [0.1, 0.15) is 11.6 Å². The summed E-state index contributed by atoms with van der Waals surface area (Å²) in [4.78, 5) is 22.0. The zero-order valence-corrected chi connectivity index (χ0v) is 9.47. The van der Waals surface area contributed by atoms with Crippen LogP contribution in [0.1, 0.15) is 19.8 Å². The van der Waals surface area contributed by atoms with E-state index in [1.165, 1.54) is 13.0 Å². The lowest BCUT2D eigenvalue weighted by atomic mass is 10.2. The number of carbonyl (C=O) groups excluding carboxylic acids is 2. The maximum absolute atomic E-state index is 12.9. The molecular formula is C11H11ClFNO2. The number of rotatable bonds is 4. The summed E-state index contributed by atoms with van der Waals surface area (Å²) in [5.74, 6) is -0.918. The first-order valence-electron chi connectivity index (χ1n) is 4.73. The zero-order valence-electron chi connectivity index (χ0n) is 8.72. The third-order valence-electron chi connectivity index (χ3n) is 1.85. The van der Waals surface area contributed by atoms with E-state index in [0.29, 0.717) is 5.69 Å². The van der Waals surface area contributed by atoms with Crippen molar-refractivity contribution in [3.8, 4) is 0 Å². The number of anilines is 1. The minimum Gasteiger partial charge on any atom is -0.326 e. The molecule has 0 atom stereocenters. The number of nitrogens with one attached hydrogen (secondary N) is 1. The molecule has 0 heterocycles. The fourth-order valence-electron chi connectivity index (χ4n) is 1.14. The van der Waals surface area contributed by atoms with E-state index < -0.39 is 5.82 Å². The Balaban J connectivity index is 2.59. The quantitative estimate of drug-likeness (QED) is 0.884. The van der Waals surface area contributed by atoms with Crippen LogP contribution in [0.2, 0.25) is 5.02 Å². The molecule has 0 bridgehead atoms. The molecule has 0 aromatic heterocycles. The lowest BCUT2D eigenvalue weighted by Gasteiger charge is -2.05. The van der Waals surface area contributed by atoms with E-state index in [2.05, 4.69) is 5.32 Å². The molecule has 5 heteroatoms. The van der Waals surface area contributed by atoms with Crippen molar-refractivity contribution >= 4 is 29.0 Å². The van der Waals surface area contributed by atoms with E-state index >= 15 is 0 Å². The van der Waals surface area contributed by atoms with E-state index in [-0.39, 0.29) is 29.6 Å². The molecule has 1 aromatic rings. The van der Waals surface area contributed by atoms with E-state index in [1.807, 2.05) is 0 Å². The predicted octanol–water partition coefficient (Wildman–Crippen LogP) is 2.79. The molecule has 0 radical (unpaired) electrons. The fraction of sp³-hybridized carbons (Fsp3) is 0.273.